The standard InChI is InChI=1S/C10H11FN4/c11-10-7(6-12)2-1-3-8(10)14-9-4-5-13-15-9/h1-5H,6,12H2,(H2,13,14,15). The Balaban J connectivity index is 2.29. The van der Waals surface area contributed by atoms with Crippen molar-refractivity contribution in [2.45, 2.75) is 6.54 Å². The van der Waals surface area contributed by atoms with E-state index >= 15 is 0 Å². The van der Waals surface area contributed by atoms with Gasteiger partial charge in [-0.15, -0.1) is 0 Å². The number of hydrogen-bond acceptors (Lipinski definition) is 3. The summed E-state index contributed by atoms with van der Waals surface area (Å²) < 4.78 is 13.7. The van der Waals surface area contributed by atoms with Crippen molar-refractivity contribution in [1.29, 1.82) is 0 Å². The van der Waals surface area contributed by atoms with Gasteiger partial charge in [0.15, 0.2) is 5.82 Å². The average molecular weight is 206 g/mol. The number of H-pyrrole nitrogens is 1. The summed E-state index contributed by atoms with van der Waals surface area (Å²) in [7, 11) is 0. The van der Waals surface area contributed by atoms with Crippen LogP contribution in [0.15, 0.2) is 30.5 Å². The number of hydrogen-bond donors (Lipinski definition) is 3. The van der Waals surface area contributed by atoms with Gasteiger partial charge in [-0.05, 0) is 6.07 Å². The maximum atomic E-state index is 13.7. The Morgan fingerprint density at radius 2 is 2.27 bits per heavy atom. The largest absolute Gasteiger partial charge is 0.338 e. The molecule has 1 aromatic heterocycles. The summed E-state index contributed by atoms with van der Waals surface area (Å²) in [5, 5.41) is 9.33. The first kappa shape index (κ1) is 9.67. The quantitative estimate of drug-likeness (QED) is 0.716. The lowest BCUT2D eigenvalue weighted by Crippen LogP contribution is -2.02. The minimum absolute atomic E-state index is 0.185. The summed E-state index contributed by atoms with van der Waals surface area (Å²) >= 11 is 0. The van der Waals surface area contributed by atoms with Gasteiger partial charge in [0.1, 0.15) is 5.82 Å². The topological polar surface area (TPSA) is 66.7 Å². The Kier molecular flexibility index (Phi) is 2.64. The minimum Gasteiger partial charge on any atom is -0.338 e. The van der Waals surface area contributed by atoms with E-state index in [1.54, 1.807) is 30.5 Å². The van der Waals surface area contributed by atoms with Crippen LogP contribution in [-0.2, 0) is 6.54 Å². The van der Waals surface area contributed by atoms with E-state index in [4.69, 9.17) is 5.73 Å². The molecule has 0 spiro atoms. The summed E-state index contributed by atoms with van der Waals surface area (Å²) in [5.74, 6) is 0.317. The molecule has 1 heterocycles. The highest BCUT2D eigenvalue weighted by Gasteiger charge is 2.06. The molecule has 4 N–H and O–H groups in total. The molecule has 0 atom stereocenters. The number of anilines is 2. The van der Waals surface area contributed by atoms with Crippen LogP contribution in [-0.4, -0.2) is 10.2 Å². The van der Waals surface area contributed by atoms with E-state index in [1.807, 2.05) is 0 Å². The summed E-state index contributed by atoms with van der Waals surface area (Å²) in [4.78, 5) is 0. The van der Waals surface area contributed by atoms with Crippen LogP contribution >= 0.6 is 0 Å². The van der Waals surface area contributed by atoms with Crippen molar-refractivity contribution in [2.24, 2.45) is 5.73 Å². The third-order valence-electron chi connectivity index (χ3n) is 2.07. The van der Waals surface area contributed by atoms with Gasteiger partial charge >= 0.3 is 0 Å². The normalized spacial score (nSPS) is 10.3. The molecule has 0 unspecified atom stereocenters. The Hall–Kier alpha value is -1.88. The summed E-state index contributed by atoms with van der Waals surface area (Å²) in [6, 6.07) is 6.78. The Morgan fingerprint density at radius 3 is 2.93 bits per heavy atom. The van der Waals surface area contributed by atoms with Crippen molar-refractivity contribution in [3.05, 3.63) is 41.8 Å². The SMILES string of the molecule is NCc1cccc(Nc2ccn[nH]2)c1F. The third-order valence-corrected chi connectivity index (χ3v) is 2.07. The van der Waals surface area contributed by atoms with Crippen LogP contribution < -0.4 is 11.1 Å². The zero-order valence-corrected chi connectivity index (χ0v) is 8.00. The Bertz CT molecular complexity index is 439. The molecule has 78 valence electrons. The van der Waals surface area contributed by atoms with Crippen molar-refractivity contribution >= 4 is 11.5 Å². The minimum atomic E-state index is -0.324. The smallest absolute Gasteiger partial charge is 0.151 e. The molecule has 0 saturated heterocycles. The Labute approximate surface area is 86.3 Å². The van der Waals surface area contributed by atoms with Gasteiger partial charge < -0.3 is 11.1 Å². The van der Waals surface area contributed by atoms with E-state index in [0.29, 0.717) is 17.1 Å². The molecule has 4 nitrogen and oxygen atoms in total. The van der Waals surface area contributed by atoms with Crippen molar-refractivity contribution in [3.8, 4) is 0 Å². The maximum Gasteiger partial charge on any atom is 0.151 e. The molecular weight excluding hydrogens is 195 g/mol. The number of nitrogens with one attached hydrogen (secondary N) is 2. The van der Waals surface area contributed by atoms with Gasteiger partial charge in [-0.3, -0.25) is 5.10 Å². The van der Waals surface area contributed by atoms with E-state index in [9.17, 15) is 4.39 Å². The molecule has 5 heteroatoms. The second kappa shape index (κ2) is 4.10. The molecule has 15 heavy (non-hydrogen) atoms. The molecule has 0 radical (unpaired) electrons. The molecule has 0 aliphatic rings. The number of nitrogens with two attached hydrogens (primary N) is 1. The lowest BCUT2D eigenvalue weighted by atomic mass is 10.2. The van der Waals surface area contributed by atoms with Crippen molar-refractivity contribution in [3.63, 3.8) is 0 Å². The maximum absolute atomic E-state index is 13.7. The molecule has 0 aliphatic carbocycles. The van der Waals surface area contributed by atoms with Crippen LogP contribution in [0, 0.1) is 5.82 Å². The molecule has 2 rings (SSSR count). The van der Waals surface area contributed by atoms with Crippen molar-refractivity contribution < 1.29 is 4.39 Å². The molecule has 0 fully saturated rings. The Morgan fingerprint density at radius 1 is 1.40 bits per heavy atom. The molecule has 2 aromatic rings. The first-order chi connectivity index (χ1) is 7.31. The number of aromatic nitrogens is 2. The molecule has 0 bridgehead atoms. The van der Waals surface area contributed by atoms with E-state index in [-0.39, 0.29) is 12.4 Å². The first-order valence-corrected chi connectivity index (χ1v) is 4.55. The molecule has 0 amide bonds. The monoisotopic (exact) mass is 206 g/mol. The van der Waals surface area contributed by atoms with Gasteiger partial charge in [-0.25, -0.2) is 4.39 Å². The van der Waals surface area contributed by atoms with Crippen LogP contribution in [0.25, 0.3) is 0 Å². The molecule has 0 saturated carbocycles. The highest BCUT2D eigenvalue weighted by molar-refractivity contribution is 5.57. The predicted molar refractivity (Wildman–Crippen MR) is 56.2 cm³/mol. The third kappa shape index (κ3) is 1.97. The second-order valence-electron chi connectivity index (χ2n) is 3.08. The second-order valence-corrected chi connectivity index (χ2v) is 3.08. The zero-order chi connectivity index (χ0) is 10.7. The van der Waals surface area contributed by atoms with E-state index in [1.165, 1.54) is 0 Å². The van der Waals surface area contributed by atoms with E-state index < -0.39 is 0 Å². The van der Waals surface area contributed by atoms with Gasteiger partial charge in [-0.2, -0.15) is 5.10 Å². The fourth-order valence-corrected chi connectivity index (χ4v) is 1.30. The van der Waals surface area contributed by atoms with E-state index in [2.05, 4.69) is 15.5 Å². The fourth-order valence-electron chi connectivity index (χ4n) is 1.30. The van der Waals surface area contributed by atoms with E-state index in [0.717, 1.165) is 0 Å². The molecule has 1 aromatic carbocycles. The number of benzene rings is 1. The van der Waals surface area contributed by atoms with Crippen molar-refractivity contribution in [1.82, 2.24) is 10.2 Å². The van der Waals surface area contributed by atoms with Gasteiger partial charge in [-0.1, -0.05) is 12.1 Å². The number of aromatic amines is 1. The fraction of sp³-hybridized carbons (Fsp3) is 0.100. The number of halogens is 1. The van der Waals surface area contributed by atoms with Gasteiger partial charge in [0.2, 0.25) is 0 Å². The summed E-state index contributed by atoms with van der Waals surface area (Å²) in [6.45, 7) is 0.185. The van der Waals surface area contributed by atoms with Crippen LogP contribution in [0.3, 0.4) is 0 Å². The summed E-state index contributed by atoms with van der Waals surface area (Å²) in [5.41, 5.74) is 6.28. The zero-order valence-electron chi connectivity index (χ0n) is 8.00. The first-order valence-electron chi connectivity index (χ1n) is 4.55. The van der Waals surface area contributed by atoms with Crippen molar-refractivity contribution in [2.75, 3.05) is 5.32 Å². The van der Waals surface area contributed by atoms with Gasteiger partial charge in [0.05, 0.1) is 11.9 Å². The lowest BCUT2D eigenvalue weighted by molar-refractivity contribution is 0.614. The average Bonchev–Trinajstić information content (AvgIpc) is 2.74. The van der Waals surface area contributed by atoms with Gasteiger partial charge in [0.25, 0.3) is 0 Å². The number of nitrogens with zero attached hydrogens (tertiary/aromatic N) is 1. The van der Waals surface area contributed by atoms with Gasteiger partial charge in [0, 0.05) is 18.2 Å². The predicted octanol–water partition coefficient (Wildman–Crippen LogP) is 1.75. The lowest BCUT2D eigenvalue weighted by Gasteiger charge is -2.07. The number of rotatable bonds is 3. The highest BCUT2D eigenvalue weighted by Crippen LogP contribution is 2.20. The summed E-state index contributed by atoms with van der Waals surface area (Å²) in [6.07, 6.45) is 1.59. The highest BCUT2D eigenvalue weighted by atomic mass is 19.1. The molecule has 0 aliphatic heterocycles. The van der Waals surface area contributed by atoms with Crippen LogP contribution in [0.1, 0.15) is 5.56 Å². The van der Waals surface area contributed by atoms with Crippen LogP contribution in [0.2, 0.25) is 0 Å². The van der Waals surface area contributed by atoms with Crippen LogP contribution in [0.4, 0.5) is 15.9 Å². The molecular formula is C10H11FN4. The van der Waals surface area contributed by atoms with Crippen LogP contribution in [0.5, 0.6) is 0 Å².